The molecule has 0 saturated carbocycles. The Hall–Kier alpha value is -4.06. The summed E-state index contributed by atoms with van der Waals surface area (Å²) in [5, 5.41) is 12.0. The lowest BCUT2D eigenvalue weighted by Crippen LogP contribution is -2.55. The number of hydrogen-bond acceptors (Lipinski definition) is 9. The molecule has 3 aliphatic rings. The van der Waals surface area contributed by atoms with Crippen molar-refractivity contribution in [3.63, 3.8) is 0 Å². The van der Waals surface area contributed by atoms with Crippen molar-refractivity contribution in [2.75, 3.05) is 51.5 Å². The Morgan fingerprint density at radius 3 is 2.59 bits per heavy atom. The second-order valence-electron chi connectivity index (χ2n) is 12.9. The van der Waals surface area contributed by atoms with Crippen LogP contribution in [0.3, 0.4) is 0 Å². The quantitative estimate of drug-likeness (QED) is 0.213. The minimum atomic E-state index is -0.492. The van der Waals surface area contributed by atoms with Crippen LogP contribution in [-0.4, -0.2) is 87.7 Å². The van der Waals surface area contributed by atoms with Crippen molar-refractivity contribution < 1.29 is 18.3 Å². The van der Waals surface area contributed by atoms with Gasteiger partial charge in [-0.05, 0) is 96.7 Å². The molecular formula is C34H44F2N8O2. The molecule has 0 spiro atoms. The number of piperidine rings is 1. The number of ether oxygens (including phenoxy) is 2. The second kappa shape index (κ2) is 13.0. The zero-order valence-electron chi connectivity index (χ0n) is 27.3. The van der Waals surface area contributed by atoms with E-state index in [1.54, 1.807) is 12.4 Å². The first-order valence-corrected chi connectivity index (χ1v) is 16.2. The smallest absolute Gasteiger partial charge is 0.319 e. The lowest BCUT2D eigenvalue weighted by atomic mass is 9.91. The highest BCUT2D eigenvalue weighted by Gasteiger charge is 2.45. The monoisotopic (exact) mass is 634 g/mol. The van der Waals surface area contributed by atoms with Crippen LogP contribution >= 0.6 is 0 Å². The van der Waals surface area contributed by atoms with Gasteiger partial charge in [0, 0.05) is 30.2 Å². The molecule has 0 bridgehead atoms. The van der Waals surface area contributed by atoms with Crippen LogP contribution in [0, 0.1) is 12.7 Å². The van der Waals surface area contributed by atoms with Gasteiger partial charge in [-0.3, -0.25) is 19.4 Å². The summed E-state index contributed by atoms with van der Waals surface area (Å²) in [5.74, 6) is 0.683. The Balaban J connectivity index is 0.00000182. The van der Waals surface area contributed by atoms with Crippen molar-refractivity contribution in [1.29, 1.82) is 0 Å². The van der Waals surface area contributed by atoms with E-state index in [1.807, 2.05) is 26.0 Å². The van der Waals surface area contributed by atoms with Gasteiger partial charge in [-0.2, -0.15) is 15.1 Å². The summed E-state index contributed by atoms with van der Waals surface area (Å²) in [4.78, 5) is 19.1. The minimum absolute atomic E-state index is 0.0160. The van der Waals surface area contributed by atoms with E-state index in [0.717, 1.165) is 61.8 Å². The standard InChI is InChI=1S/C33H41FN8O2.CH3F/c1-5-43-22(3)39-32(4)9-6-12-41(19-32)30-25-17-35-28(23-15-21(2)16-26-24(23)18-36-40-26)27(34)29(25)37-31(38-30)44-20-33-10-7-13-42(33)14-8-11-33;1-2/h15-18,39H,3,5-14,19-20H2,1-2,4H3,(H,36,40);1H3/t32-;/m1./s1. The van der Waals surface area contributed by atoms with E-state index in [1.165, 1.54) is 12.8 Å². The Morgan fingerprint density at radius 1 is 1.07 bits per heavy atom. The molecule has 4 aromatic rings. The van der Waals surface area contributed by atoms with Crippen LogP contribution in [0.25, 0.3) is 33.1 Å². The fourth-order valence-electron chi connectivity index (χ4n) is 7.64. The van der Waals surface area contributed by atoms with Crippen molar-refractivity contribution in [2.24, 2.45) is 0 Å². The van der Waals surface area contributed by atoms with Gasteiger partial charge >= 0.3 is 6.01 Å². The number of aromatic amines is 1. The van der Waals surface area contributed by atoms with Crippen molar-refractivity contribution >= 4 is 27.6 Å². The van der Waals surface area contributed by atoms with E-state index in [2.05, 4.69) is 43.8 Å². The predicted octanol–water partition coefficient (Wildman–Crippen LogP) is 6.06. The number of nitrogens with zero attached hydrogens (tertiary/aromatic N) is 6. The largest absolute Gasteiger partial charge is 0.480 e. The van der Waals surface area contributed by atoms with Crippen LogP contribution in [0.15, 0.2) is 37.0 Å². The minimum Gasteiger partial charge on any atom is -0.480 e. The number of alkyl halides is 1. The maximum atomic E-state index is 16.7. The summed E-state index contributed by atoms with van der Waals surface area (Å²) in [5.41, 5.74) is 2.64. The van der Waals surface area contributed by atoms with Crippen molar-refractivity contribution in [3.05, 3.63) is 48.4 Å². The van der Waals surface area contributed by atoms with E-state index < -0.39 is 5.82 Å². The molecule has 3 aromatic heterocycles. The topological polar surface area (TPSA) is 104 Å². The molecule has 0 unspecified atom stereocenters. The van der Waals surface area contributed by atoms with Crippen molar-refractivity contribution in [1.82, 2.24) is 35.4 Å². The number of hydrogen-bond donors (Lipinski definition) is 2. The molecule has 12 heteroatoms. The first kappa shape index (κ1) is 31.9. The van der Waals surface area contributed by atoms with Crippen LogP contribution in [0.5, 0.6) is 6.01 Å². The van der Waals surface area contributed by atoms with E-state index in [-0.39, 0.29) is 28.3 Å². The van der Waals surface area contributed by atoms with Gasteiger partial charge in [0.2, 0.25) is 0 Å². The number of rotatable bonds is 9. The van der Waals surface area contributed by atoms with Crippen LogP contribution in [0.1, 0.15) is 57.9 Å². The lowest BCUT2D eigenvalue weighted by Gasteiger charge is -2.42. The van der Waals surface area contributed by atoms with Gasteiger partial charge in [0.1, 0.15) is 23.6 Å². The number of fused-ring (bicyclic) bond motifs is 3. The molecule has 3 saturated heterocycles. The lowest BCUT2D eigenvalue weighted by molar-refractivity contribution is 0.108. The molecular weight excluding hydrogens is 590 g/mol. The second-order valence-corrected chi connectivity index (χ2v) is 12.9. The van der Waals surface area contributed by atoms with Gasteiger partial charge in [0.25, 0.3) is 0 Å². The Bertz CT molecular complexity index is 1720. The number of aromatic nitrogens is 5. The number of pyridine rings is 1. The molecule has 3 fully saturated rings. The van der Waals surface area contributed by atoms with Crippen molar-refractivity contribution in [2.45, 2.75) is 70.4 Å². The zero-order chi connectivity index (χ0) is 32.5. The molecule has 1 aromatic carbocycles. The average molecular weight is 635 g/mol. The van der Waals surface area contributed by atoms with Crippen LogP contribution in [0.4, 0.5) is 14.6 Å². The van der Waals surface area contributed by atoms with E-state index in [9.17, 15) is 4.39 Å². The summed E-state index contributed by atoms with van der Waals surface area (Å²) in [7, 11) is 0.500. The summed E-state index contributed by atoms with van der Waals surface area (Å²) >= 11 is 0. The fraction of sp³-hybridized carbons (Fsp3) is 0.529. The summed E-state index contributed by atoms with van der Waals surface area (Å²) in [6.45, 7) is 14.7. The van der Waals surface area contributed by atoms with Gasteiger partial charge in [0.15, 0.2) is 11.7 Å². The number of nitrogens with one attached hydrogen (secondary N) is 2. The number of aryl methyl sites for hydroxylation is 1. The fourth-order valence-corrected chi connectivity index (χ4v) is 7.64. The number of benzene rings is 1. The number of halogens is 2. The van der Waals surface area contributed by atoms with Gasteiger partial charge in [-0.15, -0.1) is 0 Å². The molecule has 0 amide bonds. The zero-order valence-corrected chi connectivity index (χ0v) is 27.3. The third-order valence-electron chi connectivity index (χ3n) is 9.64. The SMILES string of the molecule is C=C(N[C@]1(C)CCCN(c2nc(OCC34CCCN3CCC4)nc3c(F)c(-c4cc(C)cc5[nH]ncc45)ncc23)C1)OCC.CF. The van der Waals surface area contributed by atoms with Gasteiger partial charge in [-0.25, -0.2) is 4.39 Å². The third-order valence-corrected chi connectivity index (χ3v) is 9.64. The summed E-state index contributed by atoms with van der Waals surface area (Å²) in [6.07, 6.45) is 9.80. The molecule has 6 heterocycles. The molecule has 46 heavy (non-hydrogen) atoms. The molecule has 0 radical (unpaired) electrons. The summed E-state index contributed by atoms with van der Waals surface area (Å²) < 4.78 is 38.2. The Labute approximate surface area is 268 Å². The van der Waals surface area contributed by atoms with E-state index >= 15 is 4.39 Å². The van der Waals surface area contributed by atoms with Crippen molar-refractivity contribution in [3.8, 4) is 17.3 Å². The number of anilines is 1. The molecule has 2 N–H and O–H groups in total. The molecule has 1 atom stereocenters. The highest BCUT2D eigenvalue weighted by molar-refractivity contribution is 5.98. The first-order chi connectivity index (χ1) is 22.3. The highest BCUT2D eigenvalue weighted by Crippen LogP contribution is 2.40. The molecule has 246 valence electrons. The van der Waals surface area contributed by atoms with Crippen LogP contribution in [-0.2, 0) is 4.74 Å². The Morgan fingerprint density at radius 2 is 1.83 bits per heavy atom. The van der Waals surface area contributed by atoms with Crippen LogP contribution < -0.4 is 15.0 Å². The predicted molar refractivity (Wildman–Crippen MR) is 176 cm³/mol. The number of H-pyrrole nitrogens is 1. The van der Waals surface area contributed by atoms with Gasteiger partial charge in [0.05, 0.1) is 42.0 Å². The molecule has 0 aliphatic carbocycles. The van der Waals surface area contributed by atoms with E-state index in [0.29, 0.717) is 49.6 Å². The highest BCUT2D eigenvalue weighted by atomic mass is 19.1. The van der Waals surface area contributed by atoms with Gasteiger partial charge in [-0.1, -0.05) is 0 Å². The molecule has 7 rings (SSSR count). The maximum Gasteiger partial charge on any atom is 0.319 e. The average Bonchev–Trinajstić information content (AvgIpc) is 3.77. The van der Waals surface area contributed by atoms with Crippen LogP contribution in [0.2, 0.25) is 0 Å². The van der Waals surface area contributed by atoms with E-state index in [4.69, 9.17) is 19.4 Å². The Kier molecular flexibility index (Phi) is 9.00. The van der Waals surface area contributed by atoms with Gasteiger partial charge < -0.3 is 19.7 Å². The maximum absolute atomic E-state index is 16.7. The third kappa shape index (κ3) is 5.94. The molecule has 10 nitrogen and oxygen atoms in total. The summed E-state index contributed by atoms with van der Waals surface area (Å²) in [6, 6.07) is 4.14. The normalized spacial score (nSPS) is 20.8. The molecule has 3 aliphatic heterocycles. The first-order valence-electron chi connectivity index (χ1n) is 16.2.